The van der Waals surface area contributed by atoms with Crippen LogP contribution >= 0.6 is 0 Å². The van der Waals surface area contributed by atoms with Gasteiger partial charge in [0.05, 0.1) is 38.1 Å². The molecule has 7 heteroatoms. The summed E-state index contributed by atoms with van der Waals surface area (Å²) in [5.41, 5.74) is 8.80. The van der Waals surface area contributed by atoms with E-state index in [1.165, 1.54) is 11.1 Å². The van der Waals surface area contributed by atoms with Gasteiger partial charge in [0.2, 0.25) is 0 Å². The monoisotopic (exact) mass is 547 g/mol. The summed E-state index contributed by atoms with van der Waals surface area (Å²) in [6.07, 6.45) is 14.9. The molecule has 0 N–H and O–H groups in total. The lowest BCUT2D eigenvalue weighted by atomic mass is 10.0. The van der Waals surface area contributed by atoms with Crippen molar-refractivity contribution >= 4 is 23.9 Å². The second-order valence-electron chi connectivity index (χ2n) is 9.36. The Morgan fingerprint density at radius 3 is 2.73 bits per heavy atom. The lowest BCUT2D eigenvalue weighted by Gasteiger charge is -2.35. The maximum absolute atomic E-state index is 13.5. The van der Waals surface area contributed by atoms with Crippen LogP contribution in [0.2, 0.25) is 0 Å². The van der Waals surface area contributed by atoms with Crippen LogP contribution in [0.4, 0.5) is 10.1 Å². The molecule has 1 aromatic carbocycles. The number of methoxy groups -OCH3 is 1. The molecular weight excluding hydrogens is 501 g/mol. The highest BCUT2D eigenvalue weighted by Crippen LogP contribution is 2.32. The van der Waals surface area contributed by atoms with E-state index in [0.717, 1.165) is 67.3 Å². The fraction of sp³-hybridized carbons (Fsp3) is 0.424. The molecule has 0 radical (unpaired) electrons. The molecule has 4 rings (SSSR count). The van der Waals surface area contributed by atoms with E-state index in [9.17, 15) is 4.39 Å². The number of halogens is 1. The zero-order valence-corrected chi connectivity index (χ0v) is 25.2. The Balaban J connectivity index is 0.00000134. The summed E-state index contributed by atoms with van der Waals surface area (Å²) in [4.78, 5) is 11.1. The van der Waals surface area contributed by atoms with Crippen LogP contribution in [0.1, 0.15) is 72.3 Å². The first-order valence-electron chi connectivity index (χ1n) is 14.2. The molecule has 0 amide bonds. The Kier molecular flexibility index (Phi) is 13.8. The van der Waals surface area contributed by atoms with Crippen LogP contribution in [-0.2, 0) is 0 Å². The second-order valence-corrected chi connectivity index (χ2v) is 9.36. The molecule has 40 heavy (non-hydrogen) atoms. The van der Waals surface area contributed by atoms with Gasteiger partial charge >= 0.3 is 0 Å². The first kappa shape index (κ1) is 32.4. The largest absolute Gasteiger partial charge is 0.495 e. The number of hydrogen-bond donors (Lipinski definition) is 0. The molecule has 0 saturated carbocycles. The molecule has 0 bridgehead atoms. The maximum atomic E-state index is 13.5. The van der Waals surface area contributed by atoms with Gasteiger partial charge in [-0.15, -0.1) is 13.2 Å². The SMILES string of the molecule is C=C.CC.CC/C(=C\CC(C)F)N1C=C=CN=C2C/C(=C/c3ccc(N4C=NCC(C)=C4)c(OC)c3)CCCN21. The number of allylic oxidation sites excluding steroid dienone is 2. The van der Waals surface area contributed by atoms with Crippen LogP contribution in [-0.4, -0.2) is 48.6 Å². The number of nitrogens with zero attached hydrogens (tertiary/aromatic N) is 5. The third-order valence-electron chi connectivity index (χ3n) is 6.39. The number of aliphatic imine (C=N–C) groups is 2. The highest BCUT2D eigenvalue weighted by atomic mass is 19.1. The molecule has 3 heterocycles. The van der Waals surface area contributed by atoms with Crippen LogP contribution in [0.5, 0.6) is 5.75 Å². The van der Waals surface area contributed by atoms with E-state index in [1.807, 2.05) is 37.4 Å². The summed E-state index contributed by atoms with van der Waals surface area (Å²) < 4.78 is 19.3. The molecule has 3 aliphatic heterocycles. The van der Waals surface area contributed by atoms with E-state index in [0.29, 0.717) is 6.42 Å². The van der Waals surface area contributed by atoms with Crippen molar-refractivity contribution in [3.8, 4) is 5.75 Å². The first-order valence-corrected chi connectivity index (χ1v) is 14.2. The predicted octanol–water partition coefficient (Wildman–Crippen LogP) is 8.44. The van der Waals surface area contributed by atoms with Gasteiger partial charge in [-0.1, -0.05) is 50.3 Å². The molecule has 3 aliphatic rings. The minimum atomic E-state index is -0.865. The Morgan fingerprint density at radius 1 is 1.27 bits per heavy atom. The van der Waals surface area contributed by atoms with E-state index < -0.39 is 6.17 Å². The van der Waals surface area contributed by atoms with Gasteiger partial charge < -0.3 is 9.64 Å². The molecule has 0 aromatic heterocycles. The number of fused-ring (bicyclic) bond motifs is 1. The average molecular weight is 548 g/mol. The quantitative estimate of drug-likeness (QED) is 0.254. The van der Waals surface area contributed by atoms with Crippen molar-refractivity contribution in [1.82, 2.24) is 10.0 Å². The predicted molar refractivity (Wildman–Crippen MR) is 169 cm³/mol. The van der Waals surface area contributed by atoms with Crippen molar-refractivity contribution in [2.45, 2.75) is 72.9 Å². The number of benzene rings is 1. The van der Waals surface area contributed by atoms with E-state index in [-0.39, 0.29) is 0 Å². The molecule has 1 fully saturated rings. The van der Waals surface area contributed by atoms with Gasteiger partial charge in [0.1, 0.15) is 17.8 Å². The van der Waals surface area contributed by atoms with E-state index in [4.69, 9.17) is 9.73 Å². The van der Waals surface area contributed by atoms with Crippen LogP contribution in [0.25, 0.3) is 6.08 Å². The number of hydrazine groups is 1. The summed E-state index contributed by atoms with van der Waals surface area (Å²) in [5, 5.41) is 4.31. The van der Waals surface area contributed by atoms with E-state index in [1.54, 1.807) is 20.2 Å². The van der Waals surface area contributed by atoms with Crippen molar-refractivity contribution in [3.63, 3.8) is 0 Å². The van der Waals surface area contributed by atoms with Crippen LogP contribution in [0.15, 0.2) is 88.6 Å². The molecule has 0 spiro atoms. The normalized spacial score (nSPS) is 18.3. The van der Waals surface area contributed by atoms with Gasteiger partial charge in [-0.2, -0.15) is 0 Å². The van der Waals surface area contributed by atoms with Gasteiger partial charge in [0.25, 0.3) is 0 Å². The van der Waals surface area contributed by atoms with Crippen LogP contribution in [0.3, 0.4) is 0 Å². The fourth-order valence-electron chi connectivity index (χ4n) is 4.61. The van der Waals surface area contributed by atoms with E-state index in [2.05, 4.69) is 78.2 Å². The lowest BCUT2D eigenvalue weighted by Crippen LogP contribution is -2.42. The molecule has 1 unspecified atom stereocenters. The van der Waals surface area contributed by atoms with Gasteiger partial charge in [0, 0.05) is 24.9 Å². The van der Waals surface area contributed by atoms with Gasteiger partial charge in [-0.25, -0.2) is 9.38 Å². The van der Waals surface area contributed by atoms with Crippen molar-refractivity contribution in [3.05, 3.63) is 84.2 Å². The van der Waals surface area contributed by atoms with Gasteiger partial charge in [-0.05, 0) is 62.8 Å². The molecule has 1 atom stereocenters. The summed E-state index contributed by atoms with van der Waals surface area (Å²) in [6.45, 7) is 17.3. The summed E-state index contributed by atoms with van der Waals surface area (Å²) >= 11 is 0. The topological polar surface area (TPSA) is 43.7 Å². The highest BCUT2D eigenvalue weighted by Gasteiger charge is 2.24. The highest BCUT2D eigenvalue weighted by molar-refractivity contribution is 5.88. The van der Waals surface area contributed by atoms with Gasteiger partial charge in [0.15, 0.2) is 0 Å². The third kappa shape index (κ3) is 8.85. The van der Waals surface area contributed by atoms with Crippen LogP contribution in [0, 0.1) is 0 Å². The number of amidine groups is 1. The number of alkyl halides is 1. The number of hydrogen-bond acceptors (Lipinski definition) is 6. The van der Waals surface area contributed by atoms with E-state index >= 15 is 0 Å². The van der Waals surface area contributed by atoms with Gasteiger partial charge in [-0.3, -0.25) is 15.0 Å². The molecule has 216 valence electrons. The summed E-state index contributed by atoms with van der Waals surface area (Å²) in [7, 11) is 1.70. The molecule has 1 aromatic rings. The first-order chi connectivity index (χ1) is 19.5. The zero-order valence-electron chi connectivity index (χ0n) is 25.2. The Labute approximate surface area is 240 Å². The number of rotatable bonds is 7. The fourth-order valence-corrected chi connectivity index (χ4v) is 4.61. The smallest absolute Gasteiger partial charge is 0.143 e. The minimum Gasteiger partial charge on any atom is -0.495 e. The molecular formula is C33H46FN5O. The lowest BCUT2D eigenvalue weighted by molar-refractivity contribution is 0.141. The molecule has 6 nitrogen and oxygen atoms in total. The zero-order chi connectivity index (χ0) is 29.5. The number of ether oxygens (including phenoxy) is 1. The minimum absolute atomic E-state index is 0.402. The summed E-state index contributed by atoms with van der Waals surface area (Å²) in [6, 6.07) is 6.28. The average Bonchev–Trinajstić information content (AvgIpc) is 3.29. The Morgan fingerprint density at radius 2 is 2.05 bits per heavy atom. The molecule has 1 saturated heterocycles. The van der Waals surface area contributed by atoms with Crippen molar-refractivity contribution in [2.24, 2.45) is 9.98 Å². The summed E-state index contributed by atoms with van der Waals surface area (Å²) in [5.74, 6) is 1.78. The van der Waals surface area contributed by atoms with Crippen molar-refractivity contribution in [2.75, 3.05) is 25.1 Å². The van der Waals surface area contributed by atoms with Crippen molar-refractivity contribution < 1.29 is 9.13 Å². The Hall–Kier alpha value is -3.83. The Bertz CT molecular complexity index is 1190. The van der Waals surface area contributed by atoms with Crippen LogP contribution < -0.4 is 9.64 Å². The maximum Gasteiger partial charge on any atom is 0.143 e. The molecule has 0 aliphatic carbocycles. The third-order valence-corrected chi connectivity index (χ3v) is 6.39. The standard InChI is InChI=1S/C29H36FN5O.C2H6.C2H4/c1-5-26(11-9-23(3)30)34-15-7-13-32-29-18-24(8-6-14-35(29)34)16-25-10-12-27(28(17-25)36-4)33-20-22(2)19-31-21-33;2*1-2/h10-13,15-17,20-21,23H,5-6,8-9,14,18-19H2,1-4H3;1-2H3;1-2H2/b24-16+,26-11+;;. The van der Waals surface area contributed by atoms with Crippen molar-refractivity contribution in [1.29, 1.82) is 0 Å². The number of anilines is 1. The second kappa shape index (κ2) is 17.0.